The number of unbranched alkanes of at least 4 members (excludes halogenated alkanes) is 1. The van der Waals surface area contributed by atoms with E-state index in [1.807, 2.05) is 12.1 Å². The van der Waals surface area contributed by atoms with E-state index < -0.39 is 12.1 Å². The minimum absolute atomic E-state index is 0.255. The van der Waals surface area contributed by atoms with Crippen LogP contribution in [0.1, 0.15) is 90.7 Å². The Kier molecular flexibility index (Phi) is 38.6. The number of carbonyl (C=O) groups excluding carboxylic acids is 4. The Morgan fingerprint density at radius 2 is 1.54 bits per heavy atom. The van der Waals surface area contributed by atoms with E-state index in [2.05, 4.69) is 54.9 Å². The summed E-state index contributed by atoms with van der Waals surface area (Å²) in [6.45, 7) is 10.3. The maximum absolute atomic E-state index is 11.9. The Morgan fingerprint density at radius 1 is 1.00 bits per heavy atom. The van der Waals surface area contributed by atoms with Crippen molar-refractivity contribution in [3.8, 4) is 6.07 Å². The monoisotopic (exact) mass is 578 g/mol. The van der Waals surface area contributed by atoms with Gasteiger partial charge in [0.1, 0.15) is 18.9 Å². The van der Waals surface area contributed by atoms with Gasteiger partial charge >= 0.3 is 0 Å². The summed E-state index contributed by atoms with van der Waals surface area (Å²) < 4.78 is 4.25. The summed E-state index contributed by atoms with van der Waals surface area (Å²) in [5.74, 6) is 1.16. The molecular weight excluding hydrogens is 520 g/mol. The molecule has 9 heteroatoms. The van der Waals surface area contributed by atoms with Gasteiger partial charge in [-0.1, -0.05) is 65.2 Å². The van der Waals surface area contributed by atoms with E-state index >= 15 is 0 Å². The van der Waals surface area contributed by atoms with Crippen LogP contribution in [0.15, 0.2) is 24.3 Å². The molecule has 4 N–H and O–H groups in total. The van der Waals surface area contributed by atoms with E-state index in [9.17, 15) is 19.2 Å². The highest BCUT2D eigenvalue weighted by Crippen LogP contribution is 2.12. The highest BCUT2D eigenvalue weighted by molar-refractivity contribution is 5.84. The molecule has 3 unspecified atom stereocenters. The van der Waals surface area contributed by atoms with Crippen LogP contribution in [0.25, 0.3) is 0 Å². The number of aldehydes is 3. The second kappa shape index (κ2) is 35.1. The maximum atomic E-state index is 11.9. The van der Waals surface area contributed by atoms with Gasteiger partial charge in [-0.25, -0.2) is 0 Å². The molecule has 3 atom stereocenters. The standard InChI is InChI=1S/C14H17N3O2.C9H18O.C6H12O.C2H6O.CH5N/c1-10(9-18)17-14(19)13(16-2)7-11-5-3-4-6-12(11)8-15;1-3-4-6-9(2)7-5-8-10;1-6(2)4-3-5-7;1-3-2;1-2/h3-6,9-10,13,16H,7H2,1-2H3,(H,17,19);8-9H,3-7H2,1-2H3;5-6H,3-4H2,1-2H3;1-2H3;2H2,1H3. The first-order valence-electron chi connectivity index (χ1n) is 14.4. The van der Waals surface area contributed by atoms with Crippen molar-refractivity contribution in [3.63, 3.8) is 0 Å². The minimum Gasteiger partial charge on any atom is -0.388 e. The van der Waals surface area contributed by atoms with Gasteiger partial charge in [0.25, 0.3) is 0 Å². The molecule has 1 rings (SSSR count). The number of hydrogen-bond donors (Lipinski definition) is 3. The van der Waals surface area contributed by atoms with Crippen molar-refractivity contribution in [3.05, 3.63) is 35.4 Å². The number of ether oxygens (including phenoxy) is 1. The van der Waals surface area contributed by atoms with Crippen LogP contribution in [0, 0.1) is 23.2 Å². The summed E-state index contributed by atoms with van der Waals surface area (Å²) in [4.78, 5) is 42.2. The average Bonchev–Trinajstić information content (AvgIpc) is 2.98. The van der Waals surface area contributed by atoms with Crippen molar-refractivity contribution in [1.82, 2.24) is 10.6 Å². The lowest BCUT2D eigenvalue weighted by molar-refractivity contribution is -0.125. The minimum atomic E-state index is -0.519. The number of nitriles is 1. The average molecular weight is 579 g/mol. The molecule has 0 fully saturated rings. The zero-order valence-corrected chi connectivity index (χ0v) is 27.1. The smallest absolute Gasteiger partial charge is 0.238 e. The van der Waals surface area contributed by atoms with Gasteiger partial charge < -0.3 is 35.5 Å². The van der Waals surface area contributed by atoms with Crippen LogP contribution in [-0.2, 0) is 30.3 Å². The molecule has 1 amide bonds. The number of rotatable bonds is 15. The van der Waals surface area contributed by atoms with E-state index in [1.54, 1.807) is 40.3 Å². The summed E-state index contributed by atoms with van der Waals surface area (Å²) in [5.41, 5.74) is 5.86. The Hall–Kier alpha value is -2.93. The van der Waals surface area contributed by atoms with Crippen LogP contribution in [0.2, 0.25) is 0 Å². The Bertz CT molecular complexity index is 797. The molecule has 236 valence electrons. The van der Waals surface area contributed by atoms with E-state index in [0.29, 0.717) is 24.2 Å². The summed E-state index contributed by atoms with van der Waals surface area (Å²) >= 11 is 0. The number of methoxy groups -OCH3 is 1. The van der Waals surface area contributed by atoms with Gasteiger partial charge in [0.2, 0.25) is 5.91 Å². The van der Waals surface area contributed by atoms with Crippen molar-refractivity contribution < 1.29 is 23.9 Å². The molecule has 0 heterocycles. The van der Waals surface area contributed by atoms with Gasteiger partial charge in [-0.05, 0) is 63.7 Å². The topological polar surface area (TPSA) is 151 Å². The van der Waals surface area contributed by atoms with Crippen molar-refractivity contribution in [1.29, 1.82) is 5.26 Å². The van der Waals surface area contributed by atoms with Crippen LogP contribution in [-0.4, -0.2) is 65.2 Å². The Balaban J connectivity index is -0.000000261. The lowest BCUT2D eigenvalue weighted by atomic mass is 10.00. The fraction of sp³-hybridized carbons (Fsp3) is 0.656. The van der Waals surface area contributed by atoms with Gasteiger partial charge in [-0.15, -0.1) is 0 Å². The number of benzene rings is 1. The SMILES string of the molecule is CC(C)CCC=O.CCCCC(C)CCC=O.CN.CNC(Cc1ccccc1C#N)C(=O)NC(C)C=O.COC. The highest BCUT2D eigenvalue weighted by Gasteiger charge is 2.19. The van der Waals surface area contributed by atoms with Crippen LogP contribution in [0.5, 0.6) is 0 Å². The molecular formula is C32H58N4O5. The van der Waals surface area contributed by atoms with Gasteiger partial charge in [-0.2, -0.15) is 5.26 Å². The van der Waals surface area contributed by atoms with Crippen LogP contribution in [0.4, 0.5) is 0 Å². The number of amides is 1. The van der Waals surface area contributed by atoms with E-state index in [1.165, 1.54) is 26.3 Å². The largest absolute Gasteiger partial charge is 0.388 e. The fourth-order valence-corrected chi connectivity index (χ4v) is 3.16. The molecule has 0 radical (unpaired) electrons. The van der Waals surface area contributed by atoms with Crippen LogP contribution in [0.3, 0.4) is 0 Å². The number of likely N-dealkylation sites (N-methyl/N-ethyl adjacent to an activating group) is 1. The number of carbonyl (C=O) groups is 4. The molecule has 0 aliphatic rings. The van der Waals surface area contributed by atoms with Crippen LogP contribution < -0.4 is 16.4 Å². The summed E-state index contributed by atoms with van der Waals surface area (Å²) in [7, 11) is 6.42. The van der Waals surface area contributed by atoms with Gasteiger partial charge in [0, 0.05) is 27.1 Å². The quantitative estimate of drug-likeness (QED) is 0.255. The fourth-order valence-electron chi connectivity index (χ4n) is 3.16. The predicted molar refractivity (Wildman–Crippen MR) is 169 cm³/mol. The molecule has 0 aromatic heterocycles. The number of nitrogens with one attached hydrogen (secondary N) is 2. The zero-order chi connectivity index (χ0) is 32.5. The lowest BCUT2D eigenvalue weighted by Gasteiger charge is -2.18. The number of nitrogens with two attached hydrogens (primary N) is 1. The second-order valence-electron chi connectivity index (χ2n) is 9.79. The van der Waals surface area contributed by atoms with E-state index in [-0.39, 0.29) is 5.91 Å². The van der Waals surface area contributed by atoms with Crippen molar-refractivity contribution in [2.45, 2.75) is 98.1 Å². The maximum Gasteiger partial charge on any atom is 0.238 e. The summed E-state index contributed by atoms with van der Waals surface area (Å²) in [6, 6.07) is 8.25. The molecule has 0 aliphatic carbocycles. The van der Waals surface area contributed by atoms with Crippen molar-refractivity contribution in [2.75, 3.05) is 28.3 Å². The molecule has 41 heavy (non-hydrogen) atoms. The molecule has 0 bridgehead atoms. The van der Waals surface area contributed by atoms with Gasteiger partial charge in [-0.3, -0.25) is 4.79 Å². The first-order valence-corrected chi connectivity index (χ1v) is 14.4. The van der Waals surface area contributed by atoms with Crippen molar-refractivity contribution >= 4 is 24.8 Å². The summed E-state index contributed by atoms with van der Waals surface area (Å²) in [5, 5.41) is 14.5. The molecule has 0 saturated heterocycles. The van der Waals surface area contributed by atoms with Gasteiger partial charge in [0.05, 0.1) is 23.7 Å². The molecule has 0 aliphatic heterocycles. The van der Waals surface area contributed by atoms with E-state index in [4.69, 9.17) is 5.26 Å². The molecule has 1 aromatic carbocycles. The third kappa shape index (κ3) is 31.5. The molecule has 9 nitrogen and oxygen atoms in total. The Labute approximate surface area is 250 Å². The highest BCUT2D eigenvalue weighted by atomic mass is 16.4. The predicted octanol–water partition coefficient (Wildman–Crippen LogP) is 4.64. The Morgan fingerprint density at radius 3 is 1.95 bits per heavy atom. The number of hydrogen-bond acceptors (Lipinski definition) is 8. The number of nitrogens with zero attached hydrogens (tertiary/aromatic N) is 1. The van der Waals surface area contributed by atoms with Gasteiger partial charge in [0.15, 0.2) is 0 Å². The normalized spacial score (nSPS) is 11.5. The molecule has 1 aromatic rings. The summed E-state index contributed by atoms with van der Waals surface area (Å²) in [6.07, 6.45) is 10.5. The molecule has 0 saturated carbocycles. The third-order valence-electron chi connectivity index (χ3n) is 5.49. The third-order valence-corrected chi connectivity index (χ3v) is 5.49. The van der Waals surface area contributed by atoms with Crippen LogP contribution >= 0.6 is 0 Å². The zero-order valence-electron chi connectivity index (χ0n) is 27.1. The lowest BCUT2D eigenvalue weighted by Crippen LogP contribution is -2.47. The first kappa shape index (κ1) is 45.1. The first-order chi connectivity index (χ1) is 19.6. The van der Waals surface area contributed by atoms with Crippen molar-refractivity contribution in [2.24, 2.45) is 17.6 Å². The van der Waals surface area contributed by atoms with E-state index in [0.717, 1.165) is 49.7 Å². The molecule has 0 spiro atoms. The second-order valence-corrected chi connectivity index (χ2v) is 9.79.